The van der Waals surface area contributed by atoms with Gasteiger partial charge in [0.25, 0.3) is 0 Å². The van der Waals surface area contributed by atoms with Gasteiger partial charge in [0.05, 0.1) is 5.92 Å². The smallest absolute Gasteiger partial charge is 0.308 e. The Morgan fingerprint density at radius 2 is 2.11 bits per heavy atom. The number of carbonyl (C=O) groups is 2. The van der Waals surface area contributed by atoms with E-state index < -0.39 is 17.9 Å². The standard InChI is InChI=1S/C19H22FN5O3/c1-11-21-22-23-25(11)17(8-12-3-2-4-14(20)7-12)18(26)24-9-15(13-5-6-13)16(10-24)19(27)28/h2-4,7,13,15-17H,5-6,8-10H2,1H3,(H,27,28)/t15-,16+,17?/m1/s1. The minimum absolute atomic E-state index is 0.00811. The van der Waals surface area contributed by atoms with Gasteiger partial charge in [0.2, 0.25) is 5.91 Å². The van der Waals surface area contributed by atoms with E-state index in [-0.39, 0.29) is 30.6 Å². The highest BCUT2D eigenvalue weighted by Crippen LogP contribution is 2.44. The normalized spacial score (nSPS) is 23.0. The molecule has 8 nitrogen and oxygen atoms in total. The van der Waals surface area contributed by atoms with E-state index in [1.54, 1.807) is 24.0 Å². The van der Waals surface area contributed by atoms with Crippen molar-refractivity contribution in [2.24, 2.45) is 17.8 Å². The molecular formula is C19H22FN5O3. The molecule has 148 valence electrons. The first-order chi connectivity index (χ1) is 13.4. The fraction of sp³-hybridized carbons (Fsp3) is 0.526. The number of benzene rings is 1. The Kier molecular flexibility index (Phi) is 4.82. The van der Waals surface area contributed by atoms with Gasteiger partial charge >= 0.3 is 5.97 Å². The molecule has 1 saturated heterocycles. The van der Waals surface area contributed by atoms with Crippen molar-refractivity contribution >= 4 is 11.9 Å². The molecule has 2 aliphatic rings. The lowest BCUT2D eigenvalue weighted by molar-refractivity contribution is -0.143. The van der Waals surface area contributed by atoms with Crippen LogP contribution in [0, 0.1) is 30.5 Å². The summed E-state index contributed by atoms with van der Waals surface area (Å²) in [4.78, 5) is 26.7. The Labute approximate surface area is 161 Å². The number of tetrazole rings is 1. The highest BCUT2D eigenvalue weighted by Gasteiger charge is 2.48. The van der Waals surface area contributed by atoms with E-state index in [1.165, 1.54) is 16.8 Å². The molecule has 3 atom stereocenters. The molecular weight excluding hydrogens is 365 g/mol. The number of carboxylic acids is 1. The second-order valence-corrected chi connectivity index (χ2v) is 7.71. The number of aromatic nitrogens is 4. The number of rotatable bonds is 6. The Hall–Kier alpha value is -2.84. The summed E-state index contributed by atoms with van der Waals surface area (Å²) in [6, 6.07) is 5.33. The van der Waals surface area contributed by atoms with E-state index >= 15 is 0 Å². The highest BCUT2D eigenvalue weighted by molar-refractivity contribution is 5.82. The Morgan fingerprint density at radius 1 is 1.32 bits per heavy atom. The number of likely N-dealkylation sites (tertiary alicyclic amines) is 1. The lowest BCUT2D eigenvalue weighted by atomic mass is 9.92. The molecule has 1 aliphatic heterocycles. The first-order valence-electron chi connectivity index (χ1n) is 9.44. The van der Waals surface area contributed by atoms with Crippen molar-refractivity contribution in [1.29, 1.82) is 0 Å². The van der Waals surface area contributed by atoms with Crippen molar-refractivity contribution < 1.29 is 19.1 Å². The van der Waals surface area contributed by atoms with Gasteiger partial charge in [0.1, 0.15) is 17.7 Å². The average molecular weight is 387 g/mol. The summed E-state index contributed by atoms with van der Waals surface area (Å²) < 4.78 is 15.1. The number of carboxylic acid groups (broad SMARTS) is 1. The number of amides is 1. The molecule has 1 amide bonds. The first kappa shape index (κ1) is 18.5. The maximum atomic E-state index is 13.6. The lowest BCUT2D eigenvalue weighted by Crippen LogP contribution is -2.38. The van der Waals surface area contributed by atoms with Crippen molar-refractivity contribution in [2.75, 3.05) is 13.1 Å². The van der Waals surface area contributed by atoms with E-state index in [2.05, 4.69) is 15.5 Å². The molecule has 2 heterocycles. The van der Waals surface area contributed by atoms with Crippen LogP contribution in [0.25, 0.3) is 0 Å². The number of hydrogen-bond donors (Lipinski definition) is 1. The van der Waals surface area contributed by atoms with Crippen LogP contribution in [0.5, 0.6) is 0 Å². The average Bonchev–Trinajstić information content (AvgIpc) is 3.26. The second kappa shape index (κ2) is 7.29. The maximum absolute atomic E-state index is 13.6. The summed E-state index contributed by atoms with van der Waals surface area (Å²) in [7, 11) is 0. The predicted molar refractivity (Wildman–Crippen MR) is 95.6 cm³/mol. The van der Waals surface area contributed by atoms with Crippen LogP contribution in [0.2, 0.25) is 0 Å². The molecule has 1 saturated carbocycles. The molecule has 2 aromatic rings. The van der Waals surface area contributed by atoms with Crippen LogP contribution in [0.3, 0.4) is 0 Å². The van der Waals surface area contributed by atoms with Crippen LogP contribution in [-0.4, -0.2) is 55.2 Å². The molecule has 1 N–H and O–H groups in total. The Bertz CT molecular complexity index is 897. The van der Waals surface area contributed by atoms with Crippen LogP contribution in [0.4, 0.5) is 4.39 Å². The number of carbonyl (C=O) groups excluding carboxylic acids is 1. The summed E-state index contributed by atoms with van der Waals surface area (Å²) in [6.45, 7) is 2.32. The largest absolute Gasteiger partial charge is 0.481 e. The summed E-state index contributed by atoms with van der Waals surface area (Å²) >= 11 is 0. The van der Waals surface area contributed by atoms with Crippen molar-refractivity contribution in [1.82, 2.24) is 25.1 Å². The van der Waals surface area contributed by atoms with Gasteiger partial charge in [0, 0.05) is 19.5 Å². The van der Waals surface area contributed by atoms with Crippen LogP contribution in [0.1, 0.15) is 30.3 Å². The van der Waals surface area contributed by atoms with Gasteiger partial charge in [-0.3, -0.25) is 9.59 Å². The molecule has 1 aromatic heterocycles. The number of nitrogens with zero attached hydrogens (tertiary/aromatic N) is 5. The predicted octanol–water partition coefficient (Wildman–Crippen LogP) is 1.47. The quantitative estimate of drug-likeness (QED) is 0.806. The van der Waals surface area contributed by atoms with Crippen molar-refractivity contribution in [3.63, 3.8) is 0 Å². The zero-order chi connectivity index (χ0) is 19.8. The van der Waals surface area contributed by atoms with E-state index in [1.807, 2.05) is 0 Å². The zero-order valence-electron chi connectivity index (χ0n) is 15.5. The second-order valence-electron chi connectivity index (χ2n) is 7.71. The Morgan fingerprint density at radius 3 is 2.71 bits per heavy atom. The maximum Gasteiger partial charge on any atom is 0.308 e. The van der Waals surface area contributed by atoms with Gasteiger partial charge in [-0.15, -0.1) is 5.10 Å². The zero-order valence-corrected chi connectivity index (χ0v) is 15.5. The monoisotopic (exact) mass is 387 g/mol. The molecule has 2 fully saturated rings. The van der Waals surface area contributed by atoms with Crippen molar-refractivity contribution in [3.8, 4) is 0 Å². The summed E-state index contributed by atoms with van der Waals surface area (Å²) in [6.07, 6.45) is 2.27. The van der Waals surface area contributed by atoms with E-state index in [0.29, 0.717) is 23.9 Å². The molecule has 1 aliphatic carbocycles. The molecule has 4 rings (SSSR count). The van der Waals surface area contributed by atoms with Crippen LogP contribution >= 0.6 is 0 Å². The number of aryl methyl sites for hydroxylation is 1. The molecule has 0 spiro atoms. The van der Waals surface area contributed by atoms with Gasteiger partial charge < -0.3 is 10.0 Å². The molecule has 1 unspecified atom stereocenters. The van der Waals surface area contributed by atoms with E-state index in [0.717, 1.165) is 12.8 Å². The van der Waals surface area contributed by atoms with Crippen molar-refractivity contribution in [3.05, 3.63) is 41.5 Å². The van der Waals surface area contributed by atoms with Crippen LogP contribution in [0.15, 0.2) is 24.3 Å². The topological polar surface area (TPSA) is 101 Å². The van der Waals surface area contributed by atoms with E-state index in [9.17, 15) is 19.1 Å². The van der Waals surface area contributed by atoms with Gasteiger partial charge in [-0.2, -0.15) is 0 Å². The first-order valence-corrected chi connectivity index (χ1v) is 9.44. The molecule has 9 heteroatoms. The van der Waals surface area contributed by atoms with Crippen LogP contribution < -0.4 is 0 Å². The minimum atomic E-state index is -0.854. The summed E-state index contributed by atoms with van der Waals surface area (Å²) in [5, 5.41) is 21.0. The van der Waals surface area contributed by atoms with Gasteiger partial charge in [-0.05, 0) is 59.7 Å². The number of hydrogen-bond acceptors (Lipinski definition) is 5. The lowest BCUT2D eigenvalue weighted by Gasteiger charge is -2.24. The third-order valence-corrected chi connectivity index (χ3v) is 5.78. The van der Waals surface area contributed by atoms with Gasteiger partial charge in [-0.25, -0.2) is 9.07 Å². The fourth-order valence-electron chi connectivity index (χ4n) is 4.17. The molecule has 0 radical (unpaired) electrons. The summed E-state index contributed by atoms with van der Waals surface area (Å²) in [5.74, 6) is -1.15. The molecule has 1 aromatic carbocycles. The Balaban J connectivity index is 1.60. The fourth-order valence-corrected chi connectivity index (χ4v) is 4.17. The third-order valence-electron chi connectivity index (χ3n) is 5.78. The third kappa shape index (κ3) is 3.61. The number of aliphatic carboxylic acids is 1. The molecule has 28 heavy (non-hydrogen) atoms. The highest BCUT2D eigenvalue weighted by atomic mass is 19.1. The number of halogens is 1. The van der Waals surface area contributed by atoms with Gasteiger partial charge in [-0.1, -0.05) is 12.1 Å². The van der Waals surface area contributed by atoms with Gasteiger partial charge in [0.15, 0.2) is 0 Å². The van der Waals surface area contributed by atoms with Crippen molar-refractivity contribution in [2.45, 2.75) is 32.2 Å². The SMILES string of the molecule is Cc1nnnn1C(Cc1cccc(F)c1)C(=O)N1C[C@H](C(=O)O)[C@@H](C2CC2)C1. The molecule has 0 bridgehead atoms. The summed E-state index contributed by atoms with van der Waals surface area (Å²) in [5.41, 5.74) is 0.654. The van der Waals surface area contributed by atoms with Crippen LogP contribution in [-0.2, 0) is 16.0 Å². The minimum Gasteiger partial charge on any atom is -0.481 e. The van der Waals surface area contributed by atoms with E-state index in [4.69, 9.17) is 0 Å².